The summed E-state index contributed by atoms with van der Waals surface area (Å²) in [6.45, 7) is 2.11. The van der Waals surface area contributed by atoms with E-state index in [-0.39, 0.29) is 6.04 Å². The largest absolute Gasteiger partial charge is 0.387 e. The second-order valence-electron chi connectivity index (χ2n) is 6.43. The lowest BCUT2D eigenvalue weighted by Crippen LogP contribution is -2.56. The van der Waals surface area contributed by atoms with Gasteiger partial charge in [-0.2, -0.15) is 0 Å². The van der Waals surface area contributed by atoms with Gasteiger partial charge in [-0.15, -0.1) is 0 Å². The fourth-order valence-corrected chi connectivity index (χ4v) is 3.97. The summed E-state index contributed by atoms with van der Waals surface area (Å²) in [5.41, 5.74) is 1.96. The van der Waals surface area contributed by atoms with Crippen LogP contribution in [0.25, 0.3) is 0 Å². The van der Waals surface area contributed by atoms with Gasteiger partial charge in [-0.3, -0.25) is 0 Å². The lowest BCUT2D eigenvalue weighted by atomic mass is 9.65. The van der Waals surface area contributed by atoms with Crippen LogP contribution in [0.15, 0.2) is 24.3 Å². The van der Waals surface area contributed by atoms with Gasteiger partial charge in [-0.25, -0.2) is 0 Å². The molecule has 2 aliphatic carbocycles. The number of aliphatic hydroxyl groups is 1. The van der Waals surface area contributed by atoms with E-state index in [1.165, 1.54) is 37.7 Å². The van der Waals surface area contributed by atoms with Crippen LogP contribution in [0, 0.1) is 12.8 Å². The molecule has 0 unspecified atom stereocenters. The number of benzene rings is 1. The maximum atomic E-state index is 11.1. The monoisotopic (exact) mass is 259 g/mol. The lowest BCUT2D eigenvalue weighted by Gasteiger charge is -2.49. The molecule has 0 radical (unpaired) electrons. The van der Waals surface area contributed by atoms with Crippen LogP contribution in [0.5, 0.6) is 0 Å². The van der Waals surface area contributed by atoms with Crippen molar-refractivity contribution in [1.82, 2.24) is 0 Å². The van der Waals surface area contributed by atoms with Gasteiger partial charge in [0.15, 0.2) is 0 Å². The molecule has 0 amide bonds. The third-order valence-electron chi connectivity index (χ3n) is 5.13. The Bertz CT molecular complexity index is 425. The average Bonchev–Trinajstić information content (AvgIpc) is 2.42. The lowest BCUT2D eigenvalue weighted by molar-refractivity contribution is -0.0835. The molecular weight excluding hydrogens is 234 g/mol. The van der Waals surface area contributed by atoms with Crippen molar-refractivity contribution in [2.45, 2.75) is 63.5 Å². The zero-order valence-corrected chi connectivity index (χ0v) is 11.9. The van der Waals surface area contributed by atoms with Gasteiger partial charge in [0, 0.05) is 5.69 Å². The van der Waals surface area contributed by atoms with Crippen molar-refractivity contribution >= 4 is 5.69 Å². The SMILES string of the molecule is Cc1ccc(N[C@@H]2CCC[C@H]3CCCC[C@]32O)cc1. The highest BCUT2D eigenvalue weighted by molar-refractivity contribution is 5.46. The molecule has 2 saturated carbocycles. The molecule has 1 aromatic carbocycles. The second kappa shape index (κ2) is 5.16. The van der Waals surface area contributed by atoms with Crippen molar-refractivity contribution in [2.75, 3.05) is 5.32 Å². The summed E-state index contributed by atoms with van der Waals surface area (Å²) in [6.07, 6.45) is 8.22. The number of rotatable bonds is 2. The van der Waals surface area contributed by atoms with Gasteiger partial charge in [0.1, 0.15) is 0 Å². The summed E-state index contributed by atoms with van der Waals surface area (Å²) in [4.78, 5) is 0. The van der Waals surface area contributed by atoms with Gasteiger partial charge < -0.3 is 10.4 Å². The zero-order chi connectivity index (χ0) is 13.3. The smallest absolute Gasteiger partial charge is 0.0875 e. The standard InChI is InChI=1S/C17H25NO/c1-13-8-10-15(11-9-13)18-16-7-4-6-14-5-2-3-12-17(14,16)19/h8-11,14,16,18-19H,2-7,12H2,1H3/t14-,16-,17+/m1/s1. The summed E-state index contributed by atoms with van der Waals surface area (Å²) >= 11 is 0. The van der Waals surface area contributed by atoms with Gasteiger partial charge in [0.2, 0.25) is 0 Å². The van der Waals surface area contributed by atoms with Crippen LogP contribution in [0.4, 0.5) is 5.69 Å². The molecule has 0 aliphatic heterocycles. The summed E-state index contributed by atoms with van der Waals surface area (Å²) in [5, 5.41) is 14.7. The molecule has 2 aliphatic rings. The topological polar surface area (TPSA) is 32.3 Å². The molecule has 0 spiro atoms. The first-order valence-corrected chi connectivity index (χ1v) is 7.74. The Morgan fingerprint density at radius 2 is 1.79 bits per heavy atom. The molecule has 0 bridgehead atoms. The minimum atomic E-state index is -0.471. The molecule has 104 valence electrons. The maximum absolute atomic E-state index is 11.1. The Kier molecular flexibility index (Phi) is 3.53. The van der Waals surface area contributed by atoms with Crippen LogP contribution in [0.2, 0.25) is 0 Å². The van der Waals surface area contributed by atoms with Gasteiger partial charge in [0.25, 0.3) is 0 Å². The maximum Gasteiger partial charge on any atom is 0.0875 e. The molecule has 3 rings (SSSR count). The van der Waals surface area contributed by atoms with Gasteiger partial charge in [0.05, 0.1) is 11.6 Å². The molecule has 2 nitrogen and oxygen atoms in total. The van der Waals surface area contributed by atoms with E-state index in [1.54, 1.807) is 0 Å². The fraction of sp³-hybridized carbons (Fsp3) is 0.647. The van der Waals surface area contributed by atoms with Gasteiger partial charge in [-0.1, -0.05) is 37.0 Å². The number of hydrogen-bond donors (Lipinski definition) is 2. The van der Waals surface area contributed by atoms with Crippen molar-refractivity contribution in [3.63, 3.8) is 0 Å². The van der Waals surface area contributed by atoms with Crippen molar-refractivity contribution in [1.29, 1.82) is 0 Å². The zero-order valence-electron chi connectivity index (χ0n) is 11.9. The average molecular weight is 259 g/mol. The molecule has 1 aromatic rings. The molecule has 2 N–H and O–H groups in total. The summed E-state index contributed by atoms with van der Waals surface area (Å²) in [5.74, 6) is 0.512. The Hall–Kier alpha value is -1.02. The Balaban J connectivity index is 1.77. The molecule has 2 heteroatoms. The summed E-state index contributed by atoms with van der Waals surface area (Å²) in [7, 11) is 0. The molecule has 19 heavy (non-hydrogen) atoms. The molecule has 2 fully saturated rings. The van der Waals surface area contributed by atoms with E-state index in [1.807, 2.05) is 0 Å². The number of fused-ring (bicyclic) bond motifs is 1. The van der Waals surface area contributed by atoms with E-state index in [4.69, 9.17) is 0 Å². The Morgan fingerprint density at radius 1 is 1.05 bits per heavy atom. The van der Waals surface area contributed by atoms with Crippen molar-refractivity contribution < 1.29 is 5.11 Å². The van der Waals surface area contributed by atoms with Crippen LogP contribution in [0.3, 0.4) is 0 Å². The minimum absolute atomic E-state index is 0.231. The van der Waals surface area contributed by atoms with Crippen LogP contribution in [0.1, 0.15) is 50.5 Å². The van der Waals surface area contributed by atoms with E-state index in [2.05, 4.69) is 36.5 Å². The van der Waals surface area contributed by atoms with Crippen molar-refractivity contribution in [3.05, 3.63) is 29.8 Å². The summed E-state index contributed by atoms with van der Waals surface area (Å²) < 4.78 is 0. The number of aryl methyl sites for hydroxylation is 1. The normalized spacial score (nSPS) is 34.6. The van der Waals surface area contributed by atoms with Crippen molar-refractivity contribution in [3.8, 4) is 0 Å². The second-order valence-corrected chi connectivity index (χ2v) is 6.43. The molecule has 0 aromatic heterocycles. The van der Waals surface area contributed by atoms with Crippen molar-refractivity contribution in [2.24, 2.45) is 5.92 Å². The molecule has 0 saturated heterocycles. The predicted molar refractivity (Wildman–Crippen MR) is 79.3 cm³/mol. The highest BCUT2D eigenvalue weighted by Crippen LogP contribution is 2.44. The van der Waals surface area contributed by atoms with Crippen LogP contribution in [-0.2, 0) is 0 Å². The third kappa shape index (κ3) is 2.51. The fourth-order valence-electron chi connectivity index (χ4n) is 3.97. The van der Waals surface area contributed by atoms with Gasteiger partial charge >= 0.3 is 0 Å². The number of nitrogens with one attached hydrogen (secondary N) is 1. The van der Waals surface area contributed by atoms with Crippen LogP contribution >= 0.6 is 0 Å². The number of hydrogen-bond acceptors (Lipinski definition) is 2. The summed E-state index contributed by atoms with van der Waals surface area (Å²) in [6, 6.07) is 8.76. The highest BCUT2D eigenvalue weighted by atomic mass is 16.3. The van der Waals surface area contributed by atoms with Crippen LogP contribution in [-0.4, -0.2) is 16.7 Å². The molecule has 3 atom stereocenters. The van der Waals surface area contributed by atoms with E-state index in [0.717, 1.165) is 18.5 Å². The van der Waals surface area contributed by atoms with E-state index in [9.17, 15) is 5.11 Å². The first-order valence-electron chi connectivity index (χ1n) is 7.74. The van der Waals surface area contributed by atoms with E-state index < -0.39 is 5.60 Å². The Morgan fingerprint density at radius 3 is 2.58 bits per heavy atom. The number of anilines is 1. The quantitative estimate of drug-likeness (QED) is 0.844. The first-order chi connectivity index (χ1) is 9.18. The van der Waals surface area contributed by atoms with Crippen LogP contribution < -0.4 is 5.32 Å². The third-order valence-corrected chi connectivity index (χ3v) is 5.13. The Labute approximate surface area is 116 Å². The molecule has 0 heterocycles. The first kappa shape index (κ1) is 13.0. The minimum Gasteiger partial charge on any atom is -0.387 e. The predicted octanol–water partition coefficient (Wildman–Crippen LogP) is 3.88. The van der Waals surface area contributed by atoms with E-state index >= 15 is 0 Å². The molecular formula is C17H25NO. The van der Waals surface area contributed by atoms with Gasteiger partial charge in [-0.05, 0) is 50.7 Å². The highest BCUT2D eigenvalue weighted by Gasteiger charge is 2.47. The van der Waals surface area contributed by atoms with E-state index in [0.29, 0.717) is 5.92 Å².